The molecule has 10 heteroatoms. The van der Waals surface area contributed by atoms with E-state index in [1.54, 1.807) is 11.8 Å². The molecule has 1 fully saturated rings. The molecule has 3 aromatic rings. The van der Waals surface area contributed by atoms with Crippen LogP contribution in [0.15, 0.2) is 47.4 Å². The zero-order chi connectivity index (χ0) is 23.4. The summed E-state index contributed by atoms with van der Waals surface area (Å²) in [5.74, 6) is 0.0897. The number of aromatic amines is 1. The van der Waals surface area contributed by atoms with Crippen LogP contribution >= 0.6 is 11.8 Å². The second-order valence-electron chi connectivity index (χ2n) is 8.06. The summed E-state index contributed by atoms with van der Waals surface area (Å²) in [7, 11) is -4.00. The topological polar surface area (TPSA) is 95.2 Å². The van der Waals surface area contributed by atoms with Crippen LogP contribution in [0.1, 0.15) is 47.9 Å². The number of imidazole rings is 1. The molecule has 176 valence electrons. The molecular formula is C23H27FN4O3S2. The molecule has 1 aliphatic rings. The third-order valence-electron chi connectivity index (χ3n) is 5.78. The number of aromatic nitrogens is 2. The number of rotatable bonds is 8. The monoisotopic (exact) mass is 490 g/mol. The van der Waals surface area contributed by atoms with Gasteiger partial charge in [-0.25, -0.2) is 17.8 Å². The van der Waals surface area contributed by atoms with Gasteiger partial charge >= 0.3 is 0 Å². The molecule has 0 radical (unpaired) electrons. The summed E-state index contributed by atoms with van der Waals surface area (Å²) in [6.07, 6.45) is 5.06. The van der Waals surface area contributed by atoms with Crippen molar-refractivity contribution in [2.45, 2.75) is 36.6 Å². The van der Waals surface area contributed by atoms with Gasteiger partial charge in [-0.2, -0.15) is 16.1 Å². The molecule has 0 aliphatic carbocycles. The van der Waals surface area contributed by atoms with Gasteiger partial charge in [0.1, 0.15) is 16.5 Å². The summed E-state index contributed by atoms with van der Waals surface area (Å²) < 4.78 is 41.8. The highest BCUT2D eigenvalue weighted by atomic mass is 32.2. The van der Waals surface area contributed by atoms with E-state index in [4.69, 9.17) is 0 Å². The lowest BCUT2D eigenvalue weighted by molar-refractivity contribution is 0.0934. The summed E-state index contributed by atoms with van der Waals surface area (Å²) in [5.41, 5.74) is 1.76. The molecule has 0 bridgehead atoms. The molecule has 4 rings (SSSR count). The number of fused-ring (bicyclic) bond motifs is 1. The number of amides is 1. The molecular weight excluding hydrogens is 463 g/mol. The van der Waals surface area contributed by atoms with Gasteiger partial charge < -0.3 is 10.3 Å². The zero-order valence-corrected chi connectivity index (χ0v) is 20.0. The molecule has 1 saturated heterocycles. The largest absolute Gasteiger partial charge is 0.342 e. The summed E-state index contributed by atoms with van der Waals surface area (Å²) in [6, 6.07) is 10.7. The molecule has 0 saturated carbocycles. The standard InChI is InChI=1S/C23H27FN4O3S2/c1-32-14-11-20(22-25-18-7-3-4-8-19(18)26-22)27-23(29)16-9-10-17(24)21(15-16)33(30,31)28-12-5-2-6-13-28/h3-4,7-10,15,20H,2,5-6,11-14H2,1H3,(H,25,26)(H,27,29). The van der Waals surface area contributed by atoms with Crippen LogP contribution in [0.25, 0.3) is 11.0 Å². The van der Waals surface area contributed by atoms with E-state index >= 15 is 0 Å². The first-order chi connectivity index (χ1) is 15.9. The SMILES string of the molecule is CSCCC(NC(=O)c1ccc(F)c(S(=O)(=O)N2CCCCC2)c1)c1nc2ccccc2[nH]1. The number of benzene rings is 2. The lowest BCUT2D eigenvalue weighted by atomic mass is 10.1. The lowest BCUT2D eigenvalue weighted by Gasteiger charge is -2.26. The summed E-state index contributed by atoms with van der Waals surface area (Å²) >= 11 is 1.65. The van der Waals surface area contributed by atoms with Gasteiger partial charge in [-0.05, 0) is 61.6 Å². The Morgan fingerprint density at radius 2 is 1.97 bits per heavy atom. The van der Waals surface area contributed by atoms with Crippen molar-refractivity contribution in [1.29, 1.82) is 0 Å². The van der Waals surface area contributed by atoms with Crippen LogP contribution in [0, 0.1) is 5.82 Å². The first-order valence-corrected chi connectivity index (χ1v) is 13.8. The smallest absolute Gasteiger partial charge is 0.251 e. The van der Waals surface area contributed by atoms with Gasteiger partial charge in [0.25, 0.3) is 5.91 Å². The zero-order valence-electron chi connectivity index (χ0n) is 18.4. The highest BCUT2D eigenvalue weighted by Crippen LogP contribution is 2.25. The number of carbonyl (C=O) groups excluding carboxylic acids is 1. The number of nitrogens with one attached hydrogen (secondary N) is 2. The van der Waals surface area contributed by atoms with E-state index < -0.39 is 32.7 Å². The Labute approximate surface area is 197 Å². The van der Waals surface area contributed by atoms with Crippen molar-refractivity contribution in [3.63, 3.8) is 0 Å². The molecule has 33 heavy (non-hydrogen) atoms. The molecule has 7 nitrogen and oxygen atoms in total. The number of nitrogens with zero attached hydrogens (tertiary/aromatic N) is 2. The number of carbonyl (C=O) groups is 1. The van der Waals surface area contributed by atoms with E-state index in [1.165, 1.54) is 10.4 Å². The maximum Gasteiger partial charge on any atom is 0.251 e. The molecule has 1 amide bonds. The van der Waals surface area contributed by atoms with E-state index in [9.17, 15) is 17.6 Å². The normalized spacial score (nSPS) is 16.1. The Bertz CT molecular complexity index is 1210. The van der Waals surface area contributed by atoms with Crippen molar-refractivity contribution in [1.82, 2.24) is 19.6 Å². The molecule has 1 aromatic heterocycles. The number of hydrogen-bond donors (Lipinski definition) is 2. The second-order valence-corrected chi connectivity index (χ2v) is 10.9. The number of sulfonamides is 1. The molecule has 2 N–H and O–H groups in total. The third-order valence-corrected chi connectivity index (χ3v) is 8.34. The molecule has 1 atom stereocenters. The predicted molar refractivity (Wildman–Crippen MR) is 128 cm³/mol. The van der Waals surface area contributed by atoms with Crippen molar-refractivity contribution in [2.24, 2.45) is 0 Å². The lowest BCUT2D eigenvalue weighted by Crippen LogP contribution is -2.36. The molecule has 1 aliphatic heterocycles. The Balaban J connectivity index is 1.60. The fraction of sp³-hybridized carbons (Fsp3) is 0.391. The van der Waals surface area contributed by atoms with Crippen LogP contribution in [0.2, 0.25) is 0 Å². The Kier molecular flexibility index (Phi) is 7.35. The minimum absolute atomic E-state index is 0.0947. The van der Waals surface area contributed by atoms with Gasteiger partial charge in [0.15, 0.2) is 0 Å². The molecule has 0 spiro atoms. The Morgan fingerprint density at radius 1 is 1.21 bits per heavy atom. The highest BCUT2D eigenvalue weighted by molar-refractivity contribution is 7.98. The average molecular weight is 491 g/mol. The quantitative estimate of drug-likeness (QED) is 0.496. The van der Waals surface area contributed by atoms with Gasteiger partial charge in [-0.15, -0.1) is 0 Å². The van der Waals surface area contributed by atoms with Crippen molar-refractivity contribution in [2.75, 3.05) is 25.1 Å². The van der Waals surface area contributed by atoms with Gasteiger partial charge in [0.05, 0.1) is 17.1 Å². The predicted octanol–water partition coefficient (Wildman–Crippen LogP) is 4.10. The van der Waals surface area contributed by atoms with Gasteiger partial charge in [-0.1, -0.05) is 18.6 Å². The number of thioether (sulfide) groups is 1. The molecule has 2 aromatic carbocycles. The third kappa shape index (κ3) is 5.23. The van der Waals surface area contributed by atoms with Crippen molar-refractivity contribution < 1.29 is 17.6 Å². The second kappa shape index (κ2) is 10.2. The Hall–Kier alpha value is -2.43. The maximum absolute atomic E-state index is 14.5. The van der Waals surface area contributed by atoms with E-state index in [0.29, 0.717) is 25.3 Å². The molecule has 1 unspecified atom stereocenters. The van der Waals surface area contributed by atoms with E-state index in [2.05, 4.69) is 15.3 Å². The van der Waals surface area contributed by atoms with Crippen molar-refractivity contribution in [3.8, 4) is 0 Å². The fourth-order valence-corrected chi connectivity index (χ4v) is 6.06. The summed E-state index contributed by atoms with van der Waals surface area (Å²) in [6.45, 7) is 0.724. The average Bonchev–Trinajstić information content (AvgIpc) is 3.26. The van der Waals surface area contributed by atoms with Crippen LogP contribution in [-0.2, 0) is 10.0 Å². The van der Waals surface area contributed by atoms with Gasteiger partial charge in [0, 0.05) is 18.7 Å². The first kappa shape index (κ1) is 23.7. The van der Waals surface area contributed by atoms with Crippen LogP contribution in [0.4, 0.5) is 4.39 Å². The van der Waals surface area contributed by atoms with Crippen LogP contribution in [0.5, 0.6) is 0 Å². The van der Waals surface area contributed by atoms with E-state index in [-0.39, 0.29) is 5.56 Å². The van der Waals surface area contributed by atoms with Crippen molar-refractivity contribution >= 4 is 38.7 Å². The number of halogens is 1. The van der Waals surface area contributed by atoms with E-state index in [0.717, 1.165) is 48.2 Å². The highest BCUT2D eigenvalue weighted by Gasteiger charge is 2.30. The molecule has 2 heterocycles. The van der Waals surface area contributed by atoms with Crippen LogP contribution < -0.4 is 5.32 Å². The van der Waals surface area contributed by atoms with Crippen LogP contribution in [-0.4, -0.2) is 53.7 Å². The fourth-order valence-electron chi connectivity index (χ4n) is 3.98. The number of para-hydroxylation sites is 2. The van der Waals surface area contributed by atoms with Gasteiger partial charge in [-0.3, -0.25) is 4.79 Å². The minimum Gasteiger partial charge on any atom is -0.342 e. The summed E-state index contributed by atoms with van der Waals surface area (Å²) in [5, 5.41) is 2.95. The number of H-pyrrole nitrogens is 1. The van der Waals surface area contributed by atoms with E-state index in [1.807, 2.05) is 30.5 Å². The van der Waals surface area contributed by atoms with Gasteiger partial charge in [0.2, 0.25) is 10.0 Å². The number of piperidine rings is 1. The summed E-state index contributed by atoms with van der Waals surface area (Å²) in [4.78, 5) is 20.5. The van der Waals surface area contributed by atoms with Crippen LogP contribution in [0.3, 0.4) is 0 Å². The minimum atomic E-state index is -4.00. The van der Waals surface area contributed by atoms with Crippen molar-refractivity contribution in [3.05, 3.63) is 59.7 Å². The number of hydrogen-bond acceptors (Lipinski definition) is 5. The first-order valence-electron chi connectivity index (χ1n) is 10.9. The maximum atomic E-state index is 14.5. The Morgan fingerprint density at radius 3 is 2.70 bits per heavy atom.